The Labute approximate surface area is 264 Å². The number of anilines is 2. The molecule has 0 saturated carbocycles. The number of hydrogen-bond donors (Lipinski definition) is 3. The van der Waals surface area contributed by atoms with E-state index in [1.807, 2.05) is 13.0 Å². The van der Waals surface area contributed by atoms with Crippen molar-refractivity contribution in [2.75, 3.05) is 23.1 Å². The molecule has 13 heteroatoms. The second-order valence-electron chi connectivity index (χ2n) is 11.1. The van der Waals surface area contributed by atoms with E-state index < -0.39 is 21.6 Å². The van der Waals surface area contributed by atoms with Crippen molar-refractivity contribution in [1.82, 2.24) is 25.4 Å². The van der Waals surface area contributed by atoms with Crippen LogP contribution in [0.4, 0.5) is 16.0 Å². The standard InChI is InChI=1S/C33H30FN7O4S/c1-20-10-11-22-23(12-13-26(34)30(22)41-46(42,43)19-28-24-7-2-3-9-29(24)45-40-28)31(20)44-32-25(8-5-16-36-32)27-14-17-37-33(39-27)38-21-6-4-15-35-18-21/h2-3,5,7-14,16-17,21,35,41H,4,6,15,18-19H2,1H3,(H,37,38,39). The van der Waals surface area contributed by atoms with E-state index in [0.29, 0.717) is 44.7 Å². The highest BCUT2D eigenvalue weighted by Crippen LogP contribution is 2.40. The van der Waals surface area contributed by atoms with Gasteiger partial charge in [-0.2, -0.15) is 0 Å². The van der Waals surface area contributed by atoms with Crippen LogP contribution in [0.25, 0.3) is 33.0 Å². The third-order valence-electron chi connectivity index (χ3n) is 7.87. The number of fused-ring (bicyclic) bond motifs is 2. The van der Waals surface area contributed by atoms with Gasteiger partial charge in [-0.15, -0.1) is 0 Å². The first-order valence-corrected chi connectivity index (χ1v) is 16.5. The maximum absolute atomic E-state index is 15.3. The molecule has 4 heterocycles. The van der Waals surface area contributed by atoms with Gasteiger partial charge in [0.2, 0.25) is 21.9 Å². The second kappa shape index (κ2) is 12.3. The van der Waals surface area contributed by atoms with Crippen LogP contribution in [-0.2, 0) is 15.8 Å². The van der Waals surface area contributed by atoms with Crippen LogP contribution in [0.15, 0.2) is 83.6 Å². The lowest BCUT2D eigenvalue weighted by atomic mass is 10.0. The van der Waals surface area contributed by atoms with Crippen LogP contribution < -0.4 is 20.1 Å². The first-order chi connectivity index (χ1) is 22.3. The summed E-state index contributed by atoms with van der Waals surface area (Å²) in [4.78, 5) is 13.6. The van der Waals surface area contributed by atoms with Gasteiger partial charge in [0.05, 0.1) is 16.9 Å². The number of aryl methyl sites for hydroxylation is 1. The molecule has 0 radical (unpaired) electrons. The second-order valence-corrected chi connectivity index (χ2v) is 12.8. The number of hydrogen-bond acceptors (Lipinski definition) is 10. The van der Waals surface area contributed by atoms with Crippen molar-refractivity contribution >= 4 is 43.4 Å². The summed E-state index contributed by atoms with van der Waals surface area (Å²) in [5.41, 5.74) is 2.49. The highest BCUT2D eigenvalue weighted by Gasteiger charge is 2.23. The zero-order chi connectivity index (χ0) is 31.7. The number of pyridine rings is 1. The fourth-order valence-corrected chi connectivity index (χ4v) is 6.77. The Kier molecular flexibility index (Phi) is 7.93. The maximum Gasteiger partial charge on any atom is 0.238 e. The molecule has 11 nitrogen and oxygen atoms in total. The first-order valence-electron chi connectivity index (χ1n) is 14.8. The molecule has 3 aromatic carbocycles. The Bertz CT molecular complexity index is 2170. The number of benzene rings is 3. The molecule has 1 saturated heterocycles. The van der Waals surface area contributed by atoms with E-state index in [-0.39, 0.29) is 23.3 Å². The van der Waals surface area contributed by atoms with Crippen molar-refractivity contribution in [2.24, 2.45) is 0 Å². The third kappa shape index (κ3) is 6.06. The zero-order valence-corrected chi connectivity index (χ0v) is 25.6. The van der Waals surface area contributed by atoms with Crippen LogP contribution in [0.5, 0.6) is 11.6 Å². The summed E-state index contributed by atoms with van der Waals surface area (Å²) in [6, 6.07) is 18.8. The number of para-hydroxylation sites is 1. The van der Waals surface area contributed by atoms with Crippen molar-refractivity contribution in [3.63, 3.8) is 0 Å². The number of halogens is 1. The molecule has 1 aliphatic rings. The van der Waals surface area contributed by atoms with Crippen molar-refractivity contribution in [3.05, 3.63) is 96.2 Å². The fourth-order valence-electron chi connectivity index (χ4n) is 5.61. The molecule has 0 spiro atoms. The molecular formula is C33H30FN7O4S. The van der Waals surface area contributed by atoms with Gasteiger partial charge in [-0.1, -0.05) is 29.4 Å². The fraction of sp³-hybridized carbons (Fsp3) is 0.212. The topological polar surface area (TPSA) is 144 Å². The van der Waals surface area contributed by atoms with Crippen molar-refractivity contribution in [2.45, 2.75) is 31.6 Å². The Hall–Kier alpha value is -5.14. The Morgan fingerprint density at radius 2 is 1.87 bits per heavy atom. The highest BCUT2D eigenvalue weighted by atomic mass is 32.2. The Morgan fingerprint density at radius 3 is 2.74 bits per heavy atom. The monoisotopic (exact) mass is 639 g/mol. The lowest BCUT2D eigenvalue weighted by molar-refractivity contribution is 0.448. The van der Waals surface area contributed by atoms with Gasteiger partial charge in [0.1, 0.15) is 23.0 Å². The molecule has 234 valence electrons. The SMILES string of the molecule is Cc1ccc2c(NS(=O)(=O)Cc3noc4ccccc34)c(F)ccc2c1Oc1ncccc1-c1ccnc(NC2CCCNC2)n1. The molecule has 6 aromatic rings. The van der Waals surface area contributed by atoms with Crippen molar-refractivity contribution in [1.29, 1.82) is 0 Å². The quantitative estimate of drug-likeness (QED) is 0.168. The van der Waals surface area contributed by atoms with E-state index in [9.17, 15) is 8.42 Å². The summed E-state index contributed by atoms with van der Waals surface area (Å²) >= 11 is 0. The van der Waals surface area contributed by atoms with Crippen LogP contribution in [0.1, 0.15) is 24.1 Å². The molecular weight excluding hydrogens is 609 g/mol. The minimum atomic E-state index is -4.09. The summed E-state index contributed by atoms with van der Waals surface area (Å²) in [5, 5.41) is 12.1. The summed E-state index contributed by atoms with van der Waals surface area (Å²) < 4.78 is 56.0. The van der Waals surface area contributed by atoms with E-state index >= 15 is 4.39 Å². The molecule has 1 unspecified atom stereocenters. The van der Waals surface area contributed by atoms with Gasteiger partial charge in [0, 0.05) is 41.1 Å². The van der Waals surface area contributed by atoms with Crippen LogP contribution in [0, 0.1) is 12.7 Å². The lowest BCUT2D eigenvalue weighted by Gasteiger charge is -2.23. The summed E-state index contributed by atoms with van der Waals surface area (Å²) in [6.07, 6.45) is 5.40. The van der Waals surface area contributed by atoms with Crippen LogP contribution in [-0.4, -0.2) is 47.7 Å². The van der Waals surface area contributed by atoms with Crippen molar-refractivity contribution in [3.8, 4) is 22.9 Å². The molecule has 0 amide bonds. The third-order valence-corrected chi connectivity index (χ3v) is 9.03. The van der Waals surface area contributed by atoms with Gasteiger partial charge >= 0.3 is 0 Å². The van der Waals surface area contributed by atoms with Gasteiger partial charge in [-0.3, -0.25) is 4.72 Å². The molecule has 0 aliphatic carbocycles. The Morgan fingerprint density at radius 1 is 1.00 bits per heavy atom. The predicted molar refractivity (Wildman–Crippen MR) is 174 cm³/mol. The highest BCUT2D eigenvalue weighted by molar-refractivity contribution is 7.92. The van der Waals surface area contributed by atoms with Gasteiger partial charge in [-0.05, 0) is 74.3 Å². The normalized spacial score (nSPS) is 15.2. The molecule has 3 N–H and O–H groups in total. The largest absolute Gasteiger partial charge is 0.437 e. The molecule has 1 atom stereocenters. The number of ether oxygens (including phenoxy) is 1. The van der Waals surface area contributed by atoms with E-state index in [0.717, 1.165) is 31.5 Å². The van der Waals surface area contributed by atoms with Gasteiger partial charge in [0.15, 0.2) is 5.58 Å². The van der Waals surface area contributed by atoms with Crippen LogP contribution in [0.3, 0.4) is 0 Å². The number of rotatable bonds is 9. The lowest BCUT2D eigenvalue weighted by Crippen LogP contribution is -2.38. The molecule has 7 rings (SSSR count). The molecule has 0 bridgehead atoms. The van der Waals surface area contributed by atoms with Crippen LogP contribution >= 0.6 is 0 Å². The van der Waals surface area contributed by atoms with Gasteiger partial charge in [0.25, 0.3) is 0 Å². The maximum atomic E-state index is 15.3. The van der Waals surface area contributed by atoms with Gasteiger partial charge in [-0.25, -0.2) is 27.8 Å². The van der Waals surface area contributed by atoms with E-state index in [4.69, 9.17) is 14.2 Å². The molecule has 3 aromatic heterocycles. The molecule has 46 heavy (non-hydrogen) atoms. The minimum Gasteiger partial charge on any atom is -0.437 e. The number of sulfonamides is 1. The average Bonchev–Trinajstić information content (AvgIpc) is 3.46. The summed E-state index contributed by atoms with van der Waals surface area (Å²) in [6.45, 7) is 3.69. The number of nitrogens with one attached hydrogen (secondary N) is 3. The number of aromatic nitrogens is 4. The molecule has 1 fully saturated rings. The smallest absolute Gasteiger partial charge is 0.238 e. The summed E-state index contributed by atoms with van der Waals surface area (Å²) in [7, 11) is -4.09. The minimum absolute atomic E-state index is 0.194. The Balaban J connectivity index is 1.20. The first kappa shape index (κ1) is 29.6. The van der Waals surface area contributed by atoms with E-state index in [1.54, 1.807) is 67.0 Å². The predicted octanol–water partition coefficient (Wildman–Crippen LogP) is 6.18. The van der Waals surface area contributed by atoms with E-state index in [1.165, 1.54) is 6.07 Å². The van der Waals surface area contributed by atoms with Crippen molar-refractivity contribution < 1.29 is 22.1 Å². The van der Waals surface area contributed by atoms with Crippen LogP contribution in [0.2, 0.25) is 0 Å². The van der Waals surface area contributed by atoms with E-state index in [2.05, 4.69) is 30.5 Å². The number of nitrogens with zero attached hydrogens (tertiary/aromatic N) is 4. The number of piperidine rings is 1. The average molecular weight is 640 g/mol. The molecule has 1 aliphatic heterocycles. The zero-order valence-electron chi connectivity index (χ0n) is 24.8. The summed E-state index contributed by atoms with van der Waals surface area (Å²) in [5.74, 6) is -0.0381. The van der Waals surface area contributed by atoms with Gasteiger partial charge < -0.3 is 19.9 Å².